The summed E-state index contributed by atoms with van der Waals surface area (Å²) in [5.74, 6) is 4.15. The zero-order valence-corrected chi connectivity index (χ0v) is 19.7. The third-order valence-electron chi connectivity index (χ3n) is 6.38. The van der Waals surface area contributed by atoms with Crippen LogP contribution in [0, 0.1) is 0 Å². The molecule has 0 spiro atoms. The van der Waals surface area contributed by atoms with Crippen LogP contribution < -0.4 is 20.9 Å². The van der Waals surface area contributed by atoms with Crippen molar-refractivity contribution in [2.75, 3.05) is 55.3 Å². The van der Waals surface area contributed by atoms with Crippen LogP contribution in [0.5, 0.6) is 0 Å². The molecule has 0 unspecified atom stereocenters. The zero-order chi connectivity index (χ0) is 23.6. The van der Waals surface area contributed by atoms with Crippen LogP contribution in [0.2, 0.25) is 0 Å². The molecule has 1 saturated heterocycles. The Balaban J connectivity index is 1.19. The van der Waals surface area contributed by atoms with Gasteiger partial charge in [0, 0.05) is 56.0 Å². The standard InChI is InChI=1S/C23H29N11O/c1-33-6-8-34(9-7-33)22-12-20(27-21-11-18(30-31-21)15-2-3-15)28-23(29-22)25-13-16-10-19(32-35-16)17-4-5-24-14-26-17/h4,10-12,14-15H,2-3,5-9,13H2,1H3,(H,24,26)(H3,25,27,28,29,30,31). The topological polar surface area (TPSA) is 135 Å². The van der Waals surface area contributed by atoms with Gasteiger partial charge in [-0.1, -0.05) is 5.16 Å². The molecule has 12 nitrogen and oxygen atoms in total. The number of aliphatic imine (C=N–C) groups is 1. The molecule has 182 valence electrons. The molecule has 0 radical (unpaired) electrons. The van der Waals surface area contributed by atoms with Crippen LogP contribution in [0.15, 0.2) is 33.8 Å². The summed E-state index contributed by atoms with van der Waals surface area (Å²) in [6.45, 7) is 4.86. The summed E-state index contributed by atoms with van der Waals surface area (Å²) in [6.07, 6.45) is 6.09. The van der Waals surface area contributed by atoms with E-state index >= 15 is 0 Å². The second-order valence-corrected chi connectivity index (χ2v) is 9.12. The number of rotatable bonds is 8. The molecule has 0 amide bonds. The number of aromatic nitrogens is 5. The molecule has 2 fully saturated rings. The van der Waals surface area contributed by atoms with E-state index in [-0.39, 0.29) is 0 Å². The number of nitrogens with zero attached hydrogens (tertiary/aromatic N) is 7. The number of nitrogens with one attached hydrogen (secondary N) is 4. The van der Waals surface area contributed by atoms with E-state index in [0.29, 0.717) is 36.5 Å². The van der Waals surface area contributed by atoms with E-state index in [0.717, 1.165) is 49.2 Å². The first-order chi connectivity index (χ1) is 17.2. The predicted molar refractivity (Wildman–Crippen MR) is 134 cm³/mol. The average Bonchev–Trinajstić information content (AvgIpc) is 3.44. The quantitative estimate of drug-likeness (QED) is 0.384. The summed E-state index contributed by atoms with van der Waals surface area (Å²) in [5.41, 5.74) is 2.81. The van der Waals surface area contributed by atoms with Crippen LogP contribution in [0.25, 0.3) is 5.70 Å². The van der Waals surface area contributed by atoms with E-state index in [4.69, 9.17) is 14.5 Å². The monoisotopic (exact) mass is 475 g/mol. The van der Waals surface area contributed by atoms with Gasteiger partial charge in [0.1, 0.15) is 17.3 Å². The second-order valence-electron chi connectivity index (χ2n) is 9.12. The molecule has 12 heteroatoms. The Morgan fingerprint density at radius 1 is 1.09 bits per heavy atom. The highest BCUT2D eigenvalue weighted by Crippen LogP contribution is 2.39. The summed E-state index contributed by atoms with van der Waals surface area (Å²) in [7, 11) is 2.14. The lowest BCUT2D eigenvalue weighted by Crippen LogP contribution is -2.44. The molecule has 0 aromatic carbocycles. The minimum atomic E-state index is 0.411. The third kappa shape index (κ3) is 5.11. The molecule has 3 aromatic heterocycles. The average molecular weight is 476 g/mol. The molecular formula is C23H29N11O. The highest BCUT2D eigenvalue weighted by molar-refractivity contribution is 5.76. The maximum absolute atomic E-state index is 5.52. The highest BCUT2D eigenvalue weighted by Gasteiger charge is 2.25. The first kappa shape index (κ1) is 21.6. The van der Waals surface area contributed by atoms with Gasteiger partial charge in [-0.25, -0.2) is 0 Å². The summed E-state index contributed by atoms with van der Waals surface area (Å²) < 4.78 is 5.52. The molecule has 3 aliphatic rings. The lowest BCUT2D eigenvalue weighted by atomic mass is 10.2. The van der Waals surface area contributed by atoms with Crippen LogP contribution >= 0.6 is 0 Å². The third-order valence-corrected chi connectivity index (χ3v) is 6.38. The van der Waals surface area contributed by atoms with Gasteiger partial charge in [-0.15, -0.1) is 0 Å². The Hall–Kier alpha value is -3.93. The molecule has 5 heterocycles. The Kier molecular flexibility index (Phi) is 5.78. The predicted octanol–water partition coefficient (Wildman–Crippen LogP) is 2.14. The van der Waals surface area contributed by atoms with Crippen molar-refractivity contribution in [2.24, 2.45) is 4.99 Å². The van der Waals surface area contributed by atoms with Gasteiger partial charge in [0.25, 0.3) is 0 Å². The summed E-state index contributed by atoms with van der Waals surface area (Å²) >= 11 is 0. The first-order valence-electron chi connectivity index (χ1n) is 12.0. The number of anilines is 4. The van der Waals surface area contributed by atoms with Crippen molar-refractivity contribution < 1.29 is 4.52 Å². The highest BCUT2D eigenvalue weighted by atomic mass is 16.5. The summed E-state index contributed by atoms with van der Waals surface area (Å²) in [5, 5.41) is 21.4. The molecule has 35 heavy (non-hydrogen) atoms. The van der Waals surface area contributed by atoms with E-state index in [1.165, 1.54) is 18.5 Å². The van der Waals surface area contributed by atoms with E-state index in [1.807, 2.05) is 18.2 Å². The summed E-state index contributed by atoms with van der Waals surface area (Å²) in [4.78, 5) is 18.2. The van der Waals surface area contributed by atoms with Gasteiger partial charge < -0.3 is 30.3 Å². The maximum atomic E-state index is 5.52. The minimum Gasteiger partial charge on any atom is -0.359 e. The van der Waals surface area contributed by atoms with E-state index in [2.05, 4.69) is 59.2 Å². The lowest BCUT2D eigenvalue weighted by Gasteiger charge is -2.33. The van der Waals surface area contributed by atoms with Crippen LogP contribution in [0.4, 0.5) is 23.4 Å². The number of piperazine rings is 1. The van der Waals surface area contributed by atoms with E-state index in [9.17, 15) is 0 Å². The van der Waals surface area contributed by atoms with Crippen molar-refractivity contribution in [3.8, 4) is 0 Å². The van der Waals surface area contributed by atoms with Crippen molar-refractivity contribution in [2.45, 2.75) is 25.3 Å². The minimum absolute atomic E-state index is 0.411. The van der Waals surface area contributed by atoms with Crippen LogP contribution in [-0.4, -0.2) is 76.3 Å². The molecule has 0 bridgehead atoms. The number of likely N-dealkylation sites (N-methyl/N-ethyl adjacent to an activating group) is 1. The van der Waals surface area contributed by atoms with Crippen molar-refractivity contribution >= 4 is 35.4 Å². The molecular weight excluding hydrogens is 446 g/mol. The summed E-state index contributed by atoms with van der Waals surface area (Å²) in [6, 6.07) is 5.95. The van der Waals surface area contributed by atoms with Gasteiger partial charge >= 0.3 is 0 Å². The fourth-order valence-electron chi connectivity index (χ4n) is 4.15. The molecule has 0 atom stereocenters. The van der Waals surface area contributed by atoms with Gasteiger partial charge in [-0.05, 0) is 26.0 Å². The van der Waals surface area contributed by atoms with E-state index < -0.39 is 0 Å². The molecule has 1 aliphatic carbocycles. The fraction of sp³-hybridized carbons (Fsp3) is 0.435. The molecule has 2 aliphatic heterocycles. The first-order valence-corrected chi connectivity index (χ1v) is 12.0. The molecule has 3 aromatic rings. The van der Waals surface area contributed by atoms with Crippen molar-refractivity contribution in [3.63, 3.8) is 0 Å². The smallest absolute Gasteiger partial charge is 0.227 e. The van der Waals surface area contributed by atoms with Crippen molar-refractivity contribution in [1.29, 1.82) is 0 Å². The molecule has 4 N–H and O–H groups in total. The maximum Gasteiger partial charge on any atom is 0.227 e. The van der Waals surface area contributed by atoms with Gasteiger partial charge in [-0.3, -0.25) is 10.1 Å². The van der Waals surface area contributed by atoms with Crippen LogP contribution in [0.3, 0.4) is 0 Å². The van der Waals surface area contributed by atoms with Gasteiger partial charge in [0.15, 0.2) is 11.6 Å². The van der Waals surface area contributed by atoms with Crippen molar-refractivity contribution in [1.82, 2.24) is 35.5 Å². The van der Waals surface area contributed by atoms with Gasteiger partial charge in [-0.2, -0.15) is 15.1 Å². The van der Waals surface area contributed by atoms with Crippen LogP contribution in [0.1, 0.15) is 35.9 Å². The largest absolute Gasteiger partial charge is 0.359 e. The van der Waals surface area contributed by atoms with Crippen LogP contribution in [-0.2, 0) is 6.54 Å². The number of H-pyrrole nitrogens is 1. The number of aromatic amines is 1. The van der Waals surface area contributed by atoms with E-state index in [1.54, 1.807) is 6.34 Å². The number of hydrogen-bond donors (Lipinski definition) is 4. The Labute approximate surface area is 202 Å². The van der Waals surface area contributed by atoms with Gasteiger partial charge in [0.2, 0.25) is 5.95 Å². The molecule has 6 rings (SSSR count). The zero-order valence-electron chi connectivity index (χ0n) is 19.7. The Morgan fingerprint density at radius 3 is 2.77 bits per heavy atom. The fourth-order valence-corrected chi connectivity index (χ4v) is 4.15. The van der Waals surface area contributed by atoms with Crippen molar-refractivity contribution in [3.05, 3.63) is 41.4 Å². The lowest BCUT2D eigenvalue weighted by molar-refractivity contribution is 0.312. The normalized spacial score (nSPS) is 18.3. The Bertz CT molecular complexity index is 1230. The number of hydrogen-bond acceptors (Lipinski definition) is 11. The molecule has 1 saturated carbocycles. The SMILES string of the molecule is CN1CCN(c2cc(Nc3cc(C4CC4)[nH]n3)nc(NCc3cc(C4=CCN=CN4)no3)n2)CC1. The second kappa shape index (κ2) is 9.37. The van der Waals surface area contributed by atoms with Gasteiger partial charge in [0.05, 0.1) is 25.1 Å². The Morgan fingerprint density at radius 2 is 1.97 bits per heavy atom.